The second-order valence-corrected chi connectivity index (χ2v) is 12.7. The number of carbonyl (C=O) groups is 2. The lowest BCUT2D eigenvalue weighted by molar-refractivity contribution is -0.146. The topological polar surface area (TPSA) is 104 Å². The Morgan fingerprint density at radius 1 is 1.15 bits per heavy atom. The number of fused-ring (bicyclic) bond motifs is 1. The van der Waals surface area contributed by atoms with E-state index in [1.54, 1.807) is 22.3 Å². The van der Waals surface area contributed by atoms with Gasteiger partial charge in [-0.15, -0.1) is 11.3 Å². The van der Waals surface area contributed by atoms with Crippen LogP contribution in [-0.4, -0.2) is 58.3 Å². The Hall–Kier alpha value is -3.04. The van der Waals surface area contributed by atoms with Crippen molar-refractivity contribution in [3.8, 4) is 0 Å². The van der Waals surface area contributed by atoms with E-state index in [2.05, 4.69) is 54.3 Å². The number of rotatable bonds is 5. The maximum Gasteiger partial charge on any atom is 0.313 e. The van der Waals surface area contributed by atoms with Crippen LogP contribution in [0.4, 0.5) is 11.5 Å². The van der Waals surface area contributed by atoms with Gasteiger partial charge in [0.25, 0.3) is 0 Å². The number of pyridine rings is 1. The normalized spacial score (nSPS) is 24.2. The van der Waals surface area contributed by atoms with Crippen molar-refractivity contribution in [2.75, 3.05) is 37.7 Å². The van der Waals surface area contributed by atoms with Crippen LogP contribution in [0.5, 0.6) is 0 Å². The monoisotopic (exact) mass is 548 g/mol. The average molecular weight is 549 g/mol. The number of carbonyl (C=O) groups excluding carboxylic acids is 2. The molecule has 3 N–H and O–H groups in total. The van der Waals surface area contributed by atoms with Gasteiger partial charge in [-0.3, -0.25) is 9.59 Å². The Morgan fingerprint density at radius 2 is 1.97 bits per heavy atom. The number of aryl methyl sites for hydroxylation is 1. The zero-order valence-corrected chi connectivity index (χ0v) is 24.3. The van der Waals surface area contributed by atoms with E-state index in [0.29, 0.717) is 42.2 Å². The fraction of sp³-hybridized carbons (Fsp3) is 0.533. The number of nitrogens with two attached hydrogens (primary N) is 1. The fourth-order valence-corrected chi connectivity index (χ4v) is 7.17. The van der Waals surface area contributed by atoms with E-state index in [9.17, 15) is 9.59 Å². The molecule has 39 heavy (non-hydrogen) atoms. The molecule has 8 nitrogen and oxygen atoms in total. The molecule has 0 spiro atoms. The van der Waals surface area contributed by atoms with Crippen LogP contribution in [0.1, 0.15) is 62.2 Å². The molecule has 9 heteroatoms. The smallest absolute Gasteiger partial charge is 0.313 e. The summed E-state index contributed by atoms with van der Waals surface area (Å²) in [5.41, 5.74) is 9.25. The summed E-state index contributed by atoms with van der Waals surface area (Å²) in [5, 5.41) is 3.94. The minimum Gasteiger partial charge on any atom is -0.383 e. The second-order valence-electron chi connectivity index (χ2n) is 11.6. The van der Waals surface area contributed by atoms with Crippen molar-refractivity contribution < 1.29 is 9.59 Å². The molecule has 0 aliphatic carbocycles. The van der Waals surface area contributed by atoms with Crippen molar-refractivity contribution in [3.63, 3.8) is 0 Å². The van der Waals surface area contributed by atoms with Crippen LogP contribution >= 0.6 is 11.3 Å². The van der Waals surface area contributed by atoms with E-state index in [1.807, 2.05) is 6.92 Å². The molecule has 4 heterocycles. The molecule has 0 bridgehead atoms. The Kier molecular flexibility index (Phi) is 8.19. The number of piperidine rings is 2. The first kappa shape index (κ1) is 27.5. The van der Waals surface area contributed by atoms with Gasteiger partial charge in [0.2, 0.25) is 0 Å². The van der Waals surface area contributed by atoms with Gasteiger partial charge in [-0.2, -0.15) is 0 Å². The first-order chi connectivity index (χ1) is 18.7. The molecule has 5 rings (SSSR count). The van der Waals surface area contributed by atoms with Gasteiger partial charge in [-0.25, -0.2) is 9.97 Å². The lowest BCUT2D eigenvalue weighted by Crippen LogP contribution is -2.46. The number of hydrogen-bond acceptors (Lipinski definition) is 7. The SMILES string of the molecule is CCc1cc(NC(=O)C(=O)N2C[C@@H](C)CC[C@@H]2c2ccc3sc(CC4CCN(C)CC4C)nc3c2)cnc1N. The molecule has 2 amide bonds. The third-order valence-electron chi connectivity index (χ3n) is 8.48. The van der Waals surface area contributed by atoms with Gasteiger partial charge in [0.05, 0.1) is 33.2 Å². The minimum atomic E-state index is -0.646. The number of nitrogens with zero attached hydrogens (tertiary/aromatic N) is 4. The van der Waals surface area contributed by atoms with Gasteiger partial charge >= 0.3 is 11.8 Å². The summed E-state index contributed by atoms with van der Waals surface area (Å²) < 4.78 is 1.18. The van der Waals surface area contributed by atoms with Gasteiger partial charge in [0, 0.05) is 19.5 Å². The Morgan fingerprint density at radius 3 is 2.74 bits per heavy atom. The number of hydrogen-bond donors (Lipinski definition) is 2. The summed E-state index contributed by atoms with van der Waals surface area (Å²) in [4.78, 5) is 39.8. The number of likely N-dealkylation sites (tertiary alicyclic amines) is 2. The van der Waals surface area contributed by atoms with Gasteiger partial charge in [-0.05, 0) is 86.4 Å². The van der Waals surface area contributed by atoms with Crippen LogP contribution in [0, 0.1) is 17.8 Å². The van der Waals surface area contributed by atoms with Crippen LogP contribution in [0.2, 0.25) is 0 Å². The molecule has 2 aliphatic heterocycles. The number of nitrogen functional groups attached to an aromatic ring is 1. The van der Waals surface area contributed by atoms with E-state index in [0.717, 1.165) is 49.0 Å². The number of nitrogens with one attached hydrogen (secondary N) is 1. The summed E-state index contributed by atoms with van der Waals surface area (Å²) in [5.74, 6) is 0.933. The van der Waals surface area contributed by atoms with Gasteiger partial charge < -0.3 is 20.9 Å². The summed E-state index contributed by atoms with van der Waals surface area (Å²) >= 11 is 1.78. The van der Waals surface area contributed by atoms with E-state index >= 15 is 0 Å². The van der Waals surface area contributed by atoms with Crippen molar-refractivity contribution in [1.29, 1.82) is 0 Å². The summed E-state index contributed by atoms with van der Waals surface area (Å²) in [6, 6.07) is 8.00. The summed E-state index contributed by atoms with van der Waals surface area (Å²) in [7, 11) is 2.20. The van der Waals surface area contributed by atoms with Crippen LogP contribution in [-0.2, 0) is 22.4 Å². The molecule has 0 saturated carbocycles. The fourth-order valence-electron chi connectivity index (χ4n) is 6.13. The number of aromatic nitrogens is 2. The molecule has 3 aromatic rings. The van der Waals surface area contributed by atoms with Crippen molar-refractivity contribution >= 4 is 44.9 Å². The Balaban J connectivity index is 1.33. The first-order valence-electron chi connectivity index (χ1n) is 14.2. The van der Waals surface area contributed by atoms with Crippen LogP contribution < -0.4 is 11.1 Å². The lowest BCUT2D eigenvalue weighted by Gasteiger charge is -2.38. The maximum absolute atomic E-state index is 13.4. The second kappa shape index (κ2) is 11.6. The molecule has 2 saturated heterocycles. The van der Waals surface area contributed by atoms with Crippen LogP contribution in [0.15, 0.2) is 30.5 Å². The third-order valence-corrected chi connectivity index (χ3v) is 9.54. The lowest BCUT2D eigenvalue weighted by atomic mass is 9.85. The number of amides is 2. The highest BCUT2D eigenvalue weighted by Crippen LogP contribution is 2.36. The standard InChI is InChI=1S/C30H40N6O2S/c1-5-20-12-23(15-32-28(20)31)33-29(37)30(38)36-16-18(2)6-8-25(36)22-7-9-26-24(13-22)34-27(39-26)14-21-10-11-35(4)17-19(21)3/h7,9,12-13,15,18-19,21,25H,5-6,8,10-11,14,16-17H2,1-4H3,(H2,31,32)(H,33,37)/t18-,19?,21?,25+/m0/s1. The van der Waals surface area contributed by atoms with Crippen LogP contribution in [0.25, 0.3) is 10.2 Å². The molecule has 208 valence electrons. The number of anilines is 2. The summed E-state index contributed by atoms with van der Waals surface area (Å²) in [6.45, 7) is 9.30. The highest BCUT2D eigenvalue weighted by molar-refractivity contribution is 7.18. The highest BCUT2D eigenvalue weighted by atomic mass is 32.1. The van der Waals surface area contributed by atoms with Crippen molar-refractivity contribution in [3.05, 3.63) is 46.6 Å². The van der Waals surface area contributed by atoms with Crippen molar-refractivity contribution in [1.82, 2.24) is 19.8 Å². The number of thiazole rings is 1. The molecule has 2 aromatic heterocycles. The average Bonchev–Trinajstić information content (AvgIpc) is 3.32. The quantitative estimate of drug-likeness (QED) is 0.439. The minimum absolute atomic E-state index is 0.154. The van der Waals surface area contributed by atoms with Crippen molar-refractivity contribution in [2.24, 2.45) is 17.8 Å². The van der Waals surface area contributed by atoms with Gasteiger partial charge in [0.1, 0.15) is 5.82 Å². The van der Waals surface area contributed by atoms with E-state index in [-0.39, 0.29) is 6.04 Å². The molecule has 0 radical (unpaired) electrons. The molecule has 2 aliphatic rings. The van der Waals surface area contributed by atoms with Gasteiger partial charge in [-0.1, -0.05) is 26.8 Å². The van der Waals surface area contributed by atoms with E-state index in [4.69, 9.17) is 10.7 Å². The van der Waals surface area contributed by atoms with E-state index < -0.39 is 11.8 Å². The Labute approximate surface area is 235 Å². The molecule has 2 unspecified atom stereocenters. The third kappa shape index (κ3) is 6.09. The maximum atomic E-state index is 13.4. The molecule has 1 aromatic carbocycles. The molecular formula is C30H40N6O2S. The van der Waals surface area contributed by atoms with Gasteiger partial charge in [0.15, 0.2) is 0 Å². The molecule has 4 atom stereocenters. The number of benzene rings is 1. The predicted octanol–water partition coefficient (Wildman–Crippen LogP) is 4.90. The zero-order chi connectivity index (χ0) is 27.7. The highest BCUT2D eigenvalue weighted by Gasteiger charge is 2.34. The molecular weight excluding hydrogens is 508 g/mol. The van der Waals surface area contributed by atoms with Crippen molar-refractivity contribution in [2.45, 2.75) is 58.9 Å². The van der Waals surface area contributed by atoms with E-state index in [1.165, 1.54) is 22.3 Å². The first-order valence-corrected chi connectivity index (χ1v) is 15.0. The zero-order valence-electron chi connectivity index (χ0n) is 23.4. The molecule has 2 fully saturated rings. The van der Waals surface area contributed by atoms with Crippen LogP contribution in [0.3, 0.4) is 0 Å². The largest absolute Gasteiger partial charge is 0.383 e. The Bertz CT molecular complexity index is 1360. The predicted molar refractivity (Wildman–Crippen MR) is 158 cm³/mol. The summed E-state index contributed by atoms with van der Waals surface area (Å²) in [6.07, 6.45) is 6.25.